The third-order valence-corrected chi connectivity index (χ3v) is 8.41. The molecule has 0 fully saturated rings. The Balaban J connectivity index is 2.58. The van der Waals surface area contributed by atoms with Crippen LogP contribution in [-0.2, 0) is 9.16 Å². The molecular formula is C13H26O2Si. The molecule has 0 unspecified atom stereocenters. The lowest BCUT2D eigenvalue weighted by atomic mass is 10.2. The summed E-state index contributed by atoms with van der Waals surface area (Å²) in [4.78, 5) is 0. The Kier molecular flexibility index (Phi) is 4.24. The van der Waals surface area contributed by atoms with E-state index in [0.29, 0.717) is 5.04 Å². The minimum absolute atomic E-state index is 0.291. The normalized spacial score (nSPS) is 18.1. The summed E-state index contributed by atoms with van der Waals surface area (Å²) in [7, 11) is 0.166. The average molecular weight is 242 g/mol. The summed E-state index contributed by atoms with van der Waals surface area (Å²) in [5.41, 5.74) is 1.38. The Morgan fingerprint density at radius 1 is 1.19 bits per heavy atom. The summed E-state index contributed by atoms with van der Waals surface area (Å²) >= 11 is 0. The number of ether oxygens (including phenoxy) is 1. The molecule has 3 heteroatoms. The molecule has 1 aliphatic rings. The monoisotopic (exact) mass is 242 g/mol. The summed E-state index contributed by atoms with van der Waals surface area (Å²) in [6.07, 6.45) is 3.46. The lowest BCUT2D eigenvalue weighted by Crippen LogP contribution is -2.41. The van der Waals surface area contributed by atoms with Crippen molar-refractivity contribution in [3.8, 4) is 0 Å². The molecule has 0 radical (unpaired) electrons. The SMILES string of the molecule is COC1=C(CO[Si](C)(C)C(C)(C)C)CCC1. The maximum Gasteiger partial charge on any atom is 0.192 e. The minimum atomic E-state index is -1.60. The molecule has 0 saturated carbocycles. The van der Waals surface area contributed by atoms with Gasteiger partial charge in [0, 0.05) is 6.42 Å². The molecule has 0 N–H and O–H groups in total. The molecule has 2 nitrogen and oxygen atoms in total. The number of methoxy groups -OCH3 is 1. The smallest absolute Gasteiger partial charge is 0.192 e. The zero-order valence-corrected chi connectivity index (χ0v) is 12.6. The number of allylic oxidation sites excluding steroid dienone is 1. The van der Waals surface area contributed by atoms with E-state index in [0.717, 1.165) is 19.4 Å². The van der Waals surface area contributed by atoms with Gasteiger partial charge in [0.15, 0.2) is 8.32 Å². The van der Waals surface area contributed by atoms with Crippen molar-refractivity contribution >= 4 is 8.32 Å². The predicted octanol–water partition coefficient (Wildman–Crippen LogP) is 4.09. The van der Waals surface area contributed by atoms with Gasteiger partial charge in [-0.25, -0.2) is 0 Å². The van der Waals surface area contributed by atoms with Crippen molar-refractivity contribution in [2.24, 2.45) is 0 Å². The maximum atomic E-state index is 6.21. The van der Waals surface area contributed by atoms with E-state index in [2.05, 4.69) is 33.9 Å². The molecule has 0 atom stereocenters. The van der Waals surface area contributed by atoms with Gasteiger partial charge in [0.2, 0.25) is 0 Å². The molecule has 16 heavy (non-hydrogen) atoms. The van der Waals surface area contributed by atoms with Gasteiger partial charge in [-0.3, -0.25) is 0 Å². The topological polar surface area (TPSA) is 18.5 Å². The Hall–Kier alpha value is -0.283. The number of hydrogen-bond donors (Lipinski definition) is 0. The van der Waals surface area contributed by atoms with Crippen molar-refractivity contribution in [1.29, 1.82) is 0 Å². The molecule has 0 aromatic heterocycles. The first-order chi connectivity index (χ1) is 7.28. The Bertz CT molecular complexity index is 274. The van der Waals surface area contributed by atoms with Gasteiger partial charge in [0.25, 0.3) is 0 Å². The fraction of sp³-hybridized carbons (Fsp3) is 0.846. The van der Waals surface area contributed by atoms with Crippen LogP contribution >= 0.6 is 0 Å². The van der Waals surface area contributed by atoms with Crippen molar-refractivity contribution in [1.82, 2.24) is 0 Å². The van der Waals surface area contributed by atoms with Gasteiger partial charge in [-0.2, -0.15) is 0 Å². The van der Waals surface area contributed by atoms with Gasteiger partial charge in [0.05, 0.1) is 19.5 Å². The van der Waals surface area contributed by atoms with Gasteiger partial charge in [0.1, 0.15) is 0 Å². The largest absolute Gasteiger partial charge is 0.501 e. The second kappa shape index (κ2) is 4.92. The molecular weight excluding hydrogens is 216 g/mol. The van der Waals surface area contributed by atoms with Crippen molar-refractivity contribution < 1.29 is 9.16 Å². The minimum Gasteiger partial charge on any atom is -0.501 e. The van der Waals surface area contributed by atoms with E-state index in [1.54, 1.807) is 7.11 Å². The molecule has 1 rings (SSSR count). The summed E-state index contributed by atoms with van der Waals surface area (Å²) in [5, 5.41) is 0.291. The Labute approximate surface area is 101 Å². The molecule has 0 aromatic rings. The molecule has 0 aromatic carbocycles. The Morgan fingerprint density at radius 2 is 1.81 bits per heavy atom. The number of hydrogen-bond acceptors (Lipinski definition) is 2. The molecule has 0 bridgehead atoms. The van der Waals surface area contributed by atoms with Gasteiger partial charge in [-0.1, -0.05) is 20.8 Å². The van der Waals surface area contributed by atoms with E-state index in [4.69, 9.17) is 9.16 Å². The van der Waals surface area contributed by atoms with Crippen molar-refractivity contribution in [2.45, 2.75) is 58.2 Å². The van der Waals surface area contributed by atoms with Gasteiger partial charge in [-0.05, 0) is 36.5 Å². The van der Waals surface area contributed by atoms with Crippen molar-refractivity contribution in [2.75, 3.05) is 13.7 Å². The molecule has 1 aliphatic carbocycles. The first-order valence-corrected chi connectivity index (χ1v) is 9.07. The standard InChI is InChI=1S/C13H26O2Si/c1-13(2,3)16(5,6)15-10-11-8-7-9-12(11)14-4/h7-10H2,1-6H3. The van der Waals surface area contributed by atoms with Crippen molar-refractivity contribution in [3.05, 3.63) is 11.3 Å². The zero-order valence-electron chi connectivity index (χ0n) is 11.6. The van der Waals surface area contributed by atoms with Crippen LogP contribution in [0.1, 0.15) is 40.0 Å². The van der Waals surface area contributed by atoms with E-state index < -0.39 is 8.32 Å². The molecule has 94 valence electrons. The zero-order chi connectivity index (χ0) is 12.4. The second-order valence-corrected chi connectivity index (χ2v) is 10.9. The fourth-order valence-electron chi connectivity index (χ4n) is 1.66. The third-order valence-electron chi connectivity index (χ3n) is 3.94. The molecule has 0 heterocycles. The van der Waals surface area contributed by atoms with Crippen LogP contribution in [0, 0.1) is 0 Å². The second-order valence-electron chi connectivity index (χ2n) is 6.13. The average Bonchev–Trinajstić information content (AvgIpc) is 2.60. The van der Waals surface area contributed by atoms with Gasteiger partial charge in [-0.15, -0.1) is 0 Å². The van der Waals surface area contributed by atoms with E-state index in [-0.39, 0.29) is 0 Å². The van der Waals surface area contributed by atoms with Gasteiger partial charge < -0.3 is 9.16 Å². The maximum absolute atomic E-state index is 6.21. The van der Waals surface area contributed by atoms with Crippen LogP contribution in [0.2, 0.25) is 18.1 Å². The van der Waals surface area contributed by atoms with E-state index in [1.807, 2.05) is 0 Å². The first-order valence-electron chi connectivity index (χ1n) is 6.17. The number of rotatable bonds is 4. The highest BCUT2D eigenvalue weighted by Crippen LogP contribution is 2.37. The van der Waals surface area contributed by atoms with Crippen LogP contribution in [0.3, 0.4) is 0 Å². The van der Waals surface area contributed by atoms with Crippen LogP contribution < -0.4 is 0 Å². The summed E-state index contributed by atoms with van der Waals surface area (Å²) < 4.78 is 11.6. The van der Waals surface area contributed by atoms with Crippen LogP contribution in [0.5, 0.6) is 0 Å². The van der Waals surface area contributed by atoms with Crippen LogP contribution in [0.15, 0.2) is 11.3 Å². The highest BCUT2D eigenvalue weighted by Gasteiger charge is 2.37. The highest BCUT2D eigenvalue weighted by molar-refractivity contribution is 6.74. The lowest BCUT2D eigenvalue weighted by Gasteiger charge is -2.36. The quantitative estimate of drug-likeness (QED) is 0.691. The van der Waals surface area contributed by atoms with E-state index in [1.165, 1.54) is 17.8 Å². The van der Waals surface area contributed by atoms with E-state index in [9.17, 15) is 0 Å². The summed E-state index contributed by atoms with van der Waals surface area (Å²) in [6.45, 7) is 12.2. The molecule has 0 aliphatic heterocycles. The lowest BCUT2D eigenvalue weighted by molar-refractivity contribution is 0.265. The summed E-state index contributed by atoms with van der Waals surface area (Å²) in [6, 6.07) is 0. The highest BCUT2D eigenvalue weighted by atomic mass is 28.4. The third kappa shape index (κ3) is 3.11. The van der Waals surface area contributed by atoms with E-state index >= 15 is 0 Å². The fourth-order valence-corrected chi connectivity index (χ4v) is 2.63. The molecule has 0 amide bonds. The Morgan fingerprint density at radius 3 is 2.31 bits per heavy atom. The molecule has 0 spiro atoms. The van der Waals surface area contributed by atoms with Gasteiger partial charge >= 0.3 is 0 Å². The van der Waals surface area contributed by atoms with Crippen LogP contribution in [-0.4, -0.2) is 22.0 Å². The van der Waals surface area contributed by atoms with Crippen molar-refractivity contribution in [3.63, 3.8) is 0 Å². The van der Waals surface area contributed by atoms with Crippen LogP contribution in [0.4, 0.5) is 0 Å². The molecule has 0 saturated heterocycles. The predicted molar refractivity (Wildman–Crippen MR) is 71.0 cm³/mol. The van der Waals surface area contributed by atoms with Crippen LogP contribution in [0.25, 0.3) is 0 Å². The first kappa shape index (κ1) is 13.8. The summed E-state index contributed by atoms with van der Waals surface area (Å²) in [5.74, 6) is 1.17.